The van der Waals surface area contributed by atoms with Crippen LogP contribution < -0.4 is 0 Å². The van der Waals surface area contributed by atoms with Crippen molar-refractivity contribution in [3.05, 3.63) is 0 Å². The molecule has 0 N–H and O–H groups in total. The van der Waals surface area contributed by atoms with Crippen LogP contribution in [0.1, 0.15) is 91.9 Å². The third-order valence-electron chi connectivity index (χ3n) is 6.29. The third-order valence-corrected chi connectivity index (χ3v) is 6.29. The van der Waals surface area contributed by atoms with Crippen LogP contribution in [0.2, 0.25) is 0 Å². The van der Waals surface area contributed by atoms with Crippen molar-refractivity contribution in [2.75, 3.05) is 39.6 Å². The number of rotatable bonds is 16. The molecule has 2 heterocycles. The highest BCUT2D eigenvalue weighted by atomic mass is 16.6. The molecule has 0 bridgehead atoms. The highest BCUT2D eigenvalue weighted by Crippen LogP contribution is 2.31. The predicted molar refractivity (Wildman–Crippen MR) is 117 cm³/mol. The summed E-state index contributed by atoms with van der Waals surface area (Å²) in [6, 6.07) is 0. The van der Waals surface area contributed by atoms with Gasteiger partial charge in [0.1, 0.15) is 11.2 Å². The fourth-order valence-electron chi connectivity index (χ4n) is 4.21. The van der Waals surface area contributed by atoms with Crippen molar-refractivity contribution in [2.24, 2.45) is 0 Å². The first-order chi connectivity index (χ1) is 14.0. The molecule has 2 rings (SSSR count). The summed E-state index contributed by atoms with van der Waals surface area (Å²) < 4.78 is 30.7. The maximum absolute atomic E-state index is 6.23. The van der Waals surface area contributed by atoms with Crippen LogP contribution in [0.25, 0.3) is 0 Å². The summed E-state index contributed by atoms with van der Waals surface area (Å²) >= 11 is 0. The van der Waals surface area contributed by atoms with E-state index in [4.69, 9.17) is 23.7 Å². The van der Waals surface area contributed by atoms with Crippen molar-refractivity contribution in [3.8, 4) is 0 Å². The van der Waals surface area contributed by atoms with Gasteiger partial charge in [-0.05, 0) is 52.4 Å². The lowest BCUT2D eigenvalue weighted by molar-refractivity contribution is -0.156. The number of ether oxygens (including phenoxy) is 5. The van der Waals surface area contributed by atoms with Crippen LogP contribution in [0.15, 0.2) is 0 Å². The second-order valence-electron chi connectivity index (χ2n) is 9.29. The van der Waals surface area contributed by atoms with E-state index >= 15 is 0 Å². The lowest BCUT2D eigenvalue weighted by atomic mass is 10.0. The molecule has 0 radical (unpaired) electrons. The van der Waals surface area contributed by atoms with Gasteiger partial charge >= 0.3 is 0 Å². The molecule has 0 saturated carbocycles. The van der Waals surface area contributed by atoms with E-state index < -0.39 is 0 Å². The minimum absolute atomic E-state index is 0.276. The van der Waals surface area contributed by atoms with Crippen LogP contribution in [0, 0.1) is 0 Å². The molecule has 172 valence electrons. The molecular weight excluding hydrogens is 368 g/mol. The van der Waals surface area contributed by atoms with Crippen LogP contribution in [-0.2, 0) is 23.7 Å². The Kier molecular flexibility index (Phi) is 11.5. The van der Waals surface area contributed by atoms with Gasteiger partial charge in [-0.2, -0.15) is 0 Å². The maximum Gasteiger partial charge on any atom is 0.115 e. The van der Waals surface area contributed by atoms with Crippen LogP contribution in [-0.4, -0.2) is 63.1 Å². The second-order valence-corrected chi connectivity index (χ2v) is 9.29. The van der Waals surface area contributed by atoms with Crippen molar-refractivity contribution in [3.63, 3.8) is 0 Å². The molecule has 2 aliphatic rings. The van der Waals surface area contributed by atoms with Crippen molar-refractivity contribution in [1.82, 2.24) is 0 Å². The van der Waals surface area contributed by atoms with Gasteiger partial charge in [-0.15, -0.1) is 0 Å². The Bertz CT molecular complexity index is 377. The molecule has 4 unspecified atom stereocenters. The maximum atomic E-state index is 6.23. The van der Waals surface area contributed by atoms with Gasteiger partial charge in [-0.25, -0.2) is 0 Å². The molecule has 0 amide bonds. The summed E-state index contributed by atoms with van der Waals surface area (Å²) in [4.78, 5) is 0. The van der Waals surface area contributed by atoms with E-state index in [1.807, 2.05) is 0 Å². The minimum Gasteiger partial charge on any atom is -0.375 e. The zero-order valence-corrected chi connectivity index (χ0v) is 19.5. The van der Waals surface area contributed by atoms with E-state index in [1.54, 1.807) is 0 Å². The molecule has 0 aromatic heterocycles. The average molecular weight is 415 g/mol. The van der Waals surface area contributed by atoms with Gasteiger partial charge in [0.15, 0.2) is 0 Å². The minimum atomic E-state index is -0.296. The van der Waals surface area contributed by atoms with Gasteiger partial charge in [0.05, 0.1) is 38.6 Å². The highest BCUT2D eigenvalue weighted by Gasteiger charge is 2.40. The summed E-state index contributed by atoms with van der Waals surface area (Å²) in [6.07, 6.45) is 11.8. The van der Waals surface area contributed by atoms with Crippen molar-refractivity contribution < 1.29 is 23.7 Å². The second kappa shape index (κ2) is 13.3. The zero-order valence-electron chi connectivity index (χ0n) is 19.5. The standard InChI is InChI=1S/C24H46O5/c1-5-7-11-21(3)26-19-23(13-9-15-28-23)17-25-18-24(14-10-16-29-24)20-27-22(4)12-8-6-2/h21-22H,5-20H2,1-4H3. The van der Waals surface area contributed by atoms with Crippen LogP contribution >= 0.6 is 0 Å². The van der Waals surface area contributed by atoms with Crippen molar-refractivity contribution in [1.29, 1.82) is 0 Å². The Labute approximate surface area is 179 Å². The molecule has 0 aromatic carbocycles. The lowest BCUT2D eigenvalue weighted by Crippen LogP contribution is -2.45. The Hall–Kier alpha value is -0.200. The monoisotopic (exact) mass is 414 g/mol. The van der Waals surface area contributed by atoms with Gasteiger partial charge in [0.25, 0.3) is 0 Å². The van der Waals surface area contributed by atoms with Gasteiger partial charge in [0.2, 0.25) is 0 Å². The summed E-state index contributed by atoms with van der Waals surface area (Å²) in [7, 11) is 0. The molecule has 0 aromatic rings. The van der Waals surface area contributed by atoms with E-state index in [9.17, 15) is 0 Å². The van der Waals surface area contributed by atoms with Crippen LogP contribution in [0.3, 0.4) is 0 Å². The van der Waals surface area contributed by atoms with Crippen LogP contribution in [0.4, 0.5) is 0 Å². The number of hydrogen-bond acceptors (Lipinski definition) is 5. The zero-order chi connectivity index (χ0) is 21.0. The van der Waals surface area contributed by atoms with Gasteiger partial charge in [-0.1, -0.05) is 39.5 Å². The van der Waals surface area contributed by atoms with E-state index in [1.165, 1.54) is 25.7 Å². The van der Waals surface area contributed by atoms with Gasteiger partial charge in [-0.3, -0.25) is 0 Å². The molecule has 0 spiro atoms. The first kappa shape index (κ1) is 25.1. The largest absolute Gasteiger partial charge is 0.375 e. The quantitative estimate of drug-likeness (QED) is 0.343. The lowest BCUT2D eigenvalue weighted by Gasteiger charge is -2.33. The summed E-state index contributed by atoms with van der Waals surface area (Å²) in [5.41, 5.74) is -0.592. The Morgan fingerprint density at radius 1 is 0.724 bits per heavy atom. The topological polar surface area (TPSA) is 46.2 Å². The Morgan fingerprint density at radius 3 is 1.52 bits per heavy atom. The molecule has 29 heavy (non-hydrogen) atoms. The molecule has 0 aliphatic carbocycles. The van der Waals surface area contributed by atoms with E-state index in [0.29, 0.717) is 26.4 Å². The summed E-state index contributed by atoms with van der Waals surface area (Å²) in [5, 5.41) is 0. The SMILES string of the molecule is CCCCC(C)OCC1(COCC2(COC(C)CCCC)CCCO2)CCCO1. The summed E-state index contributed by atoms with van der Waals surface area (Å²) in [5.74, 6) is 0. The van der Waals surface area contributed by atoms with E-state index in [2.05, 4.69) is 27.7 Å². The molecule has 5 nitrogen and oxygen atoms in total. The van der Waals surface area contributed by atoms with E-state index in [-0.39, 0.29) is 23.4 Å². The van der Waals surface area contributed by atoms with Gasteiger partial charge in [0, 0.05) is 13.2 Å². The molecule has 5 heteroatoms. The summed E-state index contributed by atoms with van der Waals surface area (Å²) in [6.45, 7) is 12.8. The first-order valence-corrected chi connectivity index (χ1v) is 12.1. The fraction of sp³-hybridized carbons (Fsp3) is 1.00. The Morgan fingerprint density at radius 2 is 1.17 bits per heavy atom. The first-order valence-electron chi connectivity index (χ1n) is 12.1. The molecule has 2 aliphatic heterocycles. The van der Waals surface area contributed by atoms with Crippen molar-refractivity contribution in [2.45, 2.75) is 115 Å². The predicted octanol–water partition coefficient (Wildman–Crippen LogP) is 5.29. The number of hydrogen-bond donors (Lipinski definition) is 0. The fourth-order valence-corrected chi connectivity index (χ4v) is 4.21. The highest BCUT2D eigenvalue weighted by molar-refractivity contribution is 4.89. The average Bonchev–Trinajstić information content (AvgIpc) is 3.38. The normalized spacial score (nSPS) is 29.4. The molecule has 4 atom stereocenters. The molecule has 2 saturated heterocycles. The molecule has 2 fully saturated rings. The number of unbranched alkanes of at least 4 members (excludes halogenated alkanes) is 2. The van der Waals surface area contributed by atoms with Crippen LogP contribution in [0.5, 0.6) is 0 Å². The third kappa shape index (κ3) is 8.82. The van der Waals surface area contributed by atoms with E-state index in [0.717, 1.165) is 51.7 Å². The van der Waals surface area contributed by atoms with Crippen molar-refractivity contribution >= 4 is 0 Å². The molecular formula is C24H46O5. The smallest absolute Gasteiger partial charge is 0.115 e. The van der Waals surface area contributed by atoms with Gasteiger partial charge < -0.3 is 23.7 Å². The Balaban J connectivity index is 1.78.